The fraction of sp³-hybridized carbons (Fsp3) is 0.500. The molecule has 0 saturated heterocycles. The van der Waals surface area contributed by atoms with Crippen molar-refractivity contribution < 1.29 is 9.53 Å². The lowest BCUT2D eigenvalue weighted by atomic mass is 9.99. The van der Waals surface area contributed by atoms with Gasteiger partial charge in [0, 0.05) is 6.42 Å². The maximum atomic E-state index is 11.6. The Morgan fingerprint density at radius 1 is 1.31 bits per heavy atom. The molecule has 2 heteroatoms. The molecule has 0 saturated carbocycles. The second-order valence-electron chi connectivity index (χ2n) is 4.40. The molecule has 0 radical (unpaired) electrons. The van der Waals surface area contributed by atoms with Crippen LogP contribution in [0.5, 0.6) is 0 Å². The van der Waals surface area contributed by atoms with Crippen LogP contribution in [0.4, 0.5) is 0 Å². The van der Waals surface area contributed by atoms with Crippen molar-refractivity contribution in [3.63, 3.8) is 0 Å². The number of unbranched alkanes of at least 4 members (excludes halogenated alkanes) is 1. The van der Waals surface area contributed by atoms with Gasteiger partial charge in [0.05, 0.1) is 6.42 Å². The zero-order chi connectivity index (χ0) is 11.4. The highest BCUT2D eigenvalue weighted by Crippen LogP contribution is 2.21. The molecule has 1 atom stereocenters. The number of carbonyl (C=O) groups excluding carboxylic acids is 1. The first kappa shape index (κ1) is 11.2. The number of fused-ring (bicyclic) bond motifs is 1. The first-order valence-electron chi connectivity index (χ1n) is 6.06. The Labute approximate surface area is 96.6 Å². The molecule has 1 aliphatic heterocycles. The van der Waals surface area contributed by atoms with E-state index < -0.39 is 0 Å². The minimum atomic E-state index is -0.0777. The van der Waals surface area contributed by atoms with Crippen molar-refractivity contribution in [3.05, 3.63) is 35.4 Å². The van der Waals surface area contributed by atoms with Crippen LogP contribution in [0.25, 0.3) is 0 Å². The molecule has 0 aromatic heterocycles. The lowest BCUT2D eigenvalue weighted by molar-refractivity contribution is -0.147. The third kappa shape index (κ3) is 2.63. The van der Waals surface area contributed by atoms with E-state index in [1.807, 2.05) is 18.2 Å². The zero-order valence-electron chi connectivity index (χ0n) is 9.74. The van der Waals surface area contributed by atoms with Crippen LogP contribution < -0.4 is 0 Å². The Balaban J connectivity index is 2.14. The molecule has 2 rings (SSSR count). The van der Waals surface area contributed by atoms with E-state index in [9.17, 15) is 4.79 Å². The Morgan fingerprint density at radius 3 is 2.81 bits per heavy atom. The molecule has 1 aromatic carbocycles. The summed E-state index contributed by atoms with van der Waals surface area (Å²) in [4.78, 5) is 11.6. The minimum absolute atomic E-state index is 0.0777. The highest BCUT2D eigenvalue weighted by Gasteiger charge is 2.21. The van der Waals surface area contributed by atoms with Gasteiger partial charge in [0.15, 0.2) is 0 Å². The van der Waals surface area contributed by atoms with E-state index in [1.165, 1.54) is 5.56 Å². The Hall–Kier alpha value is -1.31. The summed E-state index contributed by atoms with van der Waals surface area (Å²) in [6.07, 6.45) is 4.64. The van der Waals surface area contributed by atoms with Gasteiger partial charge >= 0.3 is 5.97 Å². The Kier molecular flexibility index (Phi) is 3.60. The zero-order valence-corrected chi connectivity index (χ0v) is 9.74. The molecule has 1 aliphatic rings. The summed E-state index contributed by atoms with van der Waals surface area (Å²) in [5.74, 6) is -0.0777. The molecule has 0 bridgehead atoms. The van der Waals surface area contributed by atoms with Crippen LogP contribution in [-0.4, -0.2) is 12.1 Å². The quantitative estimate of drug-likeness (QED) is 0.729. The molecule has 86 valence electrons. The van der Waals surface area contributed by atoms with Gasteiger partial charge in [-0.25, -0.2) is 0 Å². The van der Waals surface area contributed by atoms with Crippen molar-refractivity contribution >= 4 is 5.97 Å². The molecule has 0 fully saturated rings. The molecule has 0 N–H and O–H groups in total. The van der Waals surface area contributed by atoms with Crippen molar-refractivity contribution in [1.82, 2.24) is 0 Å². The molecule has 2 nitrogen and oxygen atoms in total. The van der Waals surface area contributed by atoms with E-state index in [1.54, 1.807) is 0 Å². The van der Waals surface area contributed by atoms with Crippen LogP contribution in [0.1, 0.15) is 37.3 Å². The average Bonchev–Trinajstić information content (AvgIpc) is 2.43. The molecule has 1 unspecified atom stereocenters. The van der Waals surface area contributed by atoms with Gasteiger partial charge in [-0.3, -0.25) is 4.79 Å². The van der Waals surface area contributed by atoms with Gasteiger partial charge in [0.25, 0.3) is 0 Å². The maximum absolute atomic E-state index is 11.6. The molecule has 0 aliphatic carbocycles. The fourth-order valence-electron chi connectivity index (χ4n) is 2.19. The van der Waals surface area contributed by atoms with Gasteiger partial charge in [-0.05, 0) is 17.5 Å². The van der Waals surface area contributed by atoms with E-state index >= 15 is 0 Å². The summed E-state index contributed by atoms with van der Waals surface area (Å²) in [5, 5.41) is 0. The maximum Gasteiger partial charge on any atom is 0.310 e. The molecule has 1 aromatic rings. The molecule has 1 heterocycles. The lowest BCUT2D eigenvalue weighted by Gasteiger charge is -2.14. The number of cyclic esters (lactones) is 1. The van der Waals surface area contributed by atoms with Crippen molar-refractivity contribution in [3.8, 4) is 0 Å². The number of benzene rings is 1. The first-order valence-corrected chi connectivity index (χ1v) is 6.06. The van der Waals surface area contributed by atoms with E-state index in [2.05, 4.69) is 13.0 Å². The Morgan fingerprint density at radius 2 is 2.06 bits per heavy atom. The lowest BCUT2D eigenvalue weighted by Crippen LogP contribution is -2.18. The average molecular weight is 218 g/mol. The number of esters is 1. The molecule has 0 amide bonds. The summed E-state index contributed by atoms with van der Waals surface area (Å²) in [7, 11) is 0. The van der Waals surface area contributed by atoms with Gasteiger partial charge in [0.2, 0.25) is 0 Å². The molecule has 16 heavy (non-hydrogen) atoms. The van der Waals surface area contributed by atoms with Gasteiger partial charge < -0.3 is 4.74 Å². The second kappa shape index (κ2) is 5.15. The molecular weight excluding hydrogens is 200 g/mol. The highest BCUT2D eigenvalue weighted by atomic mass is 16.5. The summed E-state index contributed by atoms with van der Waals surface area (Å²) >= 11 is 0. The number of ether oxygens (including phenoxy) is 1. The first-order chi connectivity index (χ1) is 7.79. The summed E-state index contributed by atoms with van der Waals surface area (Å²) in [6, 6.07) is 8.15. The van der Waals surface area contributed by atoms with Gasteiger partial charge in [-0.2, -0.15) is 0 Å². The SMILES string of the molecule is CCCCC1Cc2ccccc2CC(=O)O1. The van der Waals surface area contributed by atoms with E-state index in [0.29, 0.717) is 6.42 Å². The minimum Gasteiger partial charge on any atom is -0.462 e. The predicted octanol–water partition coefficient (Wildman–Crippen LogP) is 2.89. The van der Waals surface area contributed by atoms with Crippen LogP contribution in [0.2, 0.25) is 0 Å². The smallest absolute Gasteiger partial charge is 0.310 e. The molecule has 0 spiro atoms. The van der Waals surface area contributed by atoms with Crippen LogP contribution in [0, 0.1) is 0 Å². The normalized spacial score (nSPS) is 19.8. The number of hydrogen-bond donors (Lipinski definition) is 0. The third-order valence-corrected chi connectivity index (χ3v) is 3.08. The van der Waals surface area contributed by atoms with Crippen molar-refractivity contribution in [1.29, 1.82) is 0 Å². The third-order valence-electron chi connectivity index (χ3n) is 3.08. The van der Waals surface area contributed by atoms with Crippen molar-refractivity contribution in [2.24, 2.45) is 0 Å². The van der Waals surface area contributed by atoms with Crippen LogP contribution in [-0.2, 0) is 22.4 Å². The van der Waals surface area contributed by atoms with Crippen LogP contribution in [0.3, 0.4) is 0 Å². The van der Waals surface area contributed by atoms with Crippen LogP contribution in [0.15, 0.2) is 24.3 Å². The van der Waals surface area contributed by atoms with E-state index in [-0.39, 0.29) is 12.1 Å². The standard InChI is InChI=1S/C14H18O2/c1-2-3-8-13-9-11-6-4-5-7-12(11)10-14(15)16-13/h4-7,13H,2-3,8-10H2,1H3. The topological polar surface area (TPSA) is 26.3 Å². The Bertz CT molecular complexity index is 371. The van der Waals surface area contributed by atoms with Gasteiger partial charge in [0.1, 0.15) is 6.10 Å². The summed E-state index contributed by atoms with van der Waals surface area (Å²) < 4.78 is 5.46. The van der Waals surface area contributed by atoms with E-state index in [0.717, 1.165) is 31.2 Å². The van der Waals surface area contributed by atoms with Crippen molar-refractivity contribution in [2.75, 3.05) is 0 Å². The highest BCUT2D eigenvalue weighted by molar-refractivity contribution is 5.74. The summed E-state index contributed by atoms with van der Waals surface area (Å²) in [5.41, 5.74) is 2.40. The second-order valence-corrected chi connectivity index (χ2v) is 4.40. The van der Waals surface area contributed by atoms with Crippen molar-refractivity contribution in [2.45, 2.75) is 45.1 Å². The van der Waals surface area contributed by atoms with Crippen LogP contribution >= 0.6 is 0 Å². The van der Waals surface area contributed by atoms with E-state index in [4.69, 9.17) is 4.74 Å². The number of rotatable bonds is 3. The summed E-state index contributed by atoms with van der Waals surface area (Å²) in [6.45, 7) is 2.16. The number of carbonyl (C=O) groups is 1. The fourth-order valence-corrected chi connectivity index (χ4v) is 2.19. The number of hydrogen-bond acceptors (Lipinski definition) is 2. The largest absolute Gasteiger partial charge is 0.462 e. The monoisotopic (exact) mass is 218 g/mol. The molecular formula is C14H18O2. The van der Waals surface area contributed by atoms with Gasteiger partial charge in [-0.1, -0.05) is 44.0 Å². The predicted molar refractivity (Wildman–Crippen MR) is 63.3 cm³/mol. The van der Waals surface area contributed by atoms with Gasteiger partial charge in [-0.15, -0.1) is 0 Å².